The van der Waals surface area contributed by atoms with Gasteiger partial charge >= 0.3 is 0 Å². The number of hydrogen-bond donors (Lipinski definition) is 1. The molecule has 0 radical (unpaired) electrons. The lowest BCUT2D eigenvalue weighted by molar-refractivity contribution is -0.128. The Balaban J connectivity index is 1.53. The molecule has 1 aromatic carbocycles. The van der Waals surface area contributed by atoms with Gasteiger partial charge in [-0.2, -0.15) is 0 Å². The van der Waals surface area contributed by atoms with Crippen molar-refractivity contribution in [1.82, 2.24) is 15.1 Å². The Morgan fingerprint density at radius 3 is 2.85 bits per heavy atom. The summed E-state index contributed by atoms with van der Waals surface area (Å²) in [5, 5.41) is 12.6. The summed E-state index contributed by atoms with van der Waals surface area (Å²) in [4.78, 5) is 26.3. The van der Waals surface area contributed by atoms with E-state index in [9.17, 15) is 9.59 Å². The second kappa shape index (κ2) is 9.08. The number of nitrogens with one attached hydrogen (secondary N) is 1. The third kappa shape index (κ3) is 5.13. The third-order valence-corrected chi connectivity index (χ3v) is 5.77. The lowest BCUT2D eigenvalue weighted by Crippen LogP contribution is -2.29. The average Bonchev–Trinajstić information content (AvgIpc) is 3.27. The molecule has 2 heterocycles. The van der Waals surface area contributed by atoms with Crippen molar-refractivity contribution in [1.29, 1.82) is 0 Å². The topological polar surface area (TPSA) is 75.2 Å². The van der Waals surface area contributed by atoms with Crippen molar-refractivity contribution >= 4 is 28.3 Å². The summed E-state index contributed by atoms with van der Waals surface area (Å²) in [7, 11) is 0. The summed E-state index contributed by atoms with van der Waals surface area (Å²) in [6.07, 6.45) is 3.07. The van der Waals surface area contributed by atoms with Gasteiger partial charge in [0.2, 0.25) is 16.9 Å². The quantitative estimate of drug-likeness (QED) is 0.754. The minimum atomic E-state index is -0.301. The largest absolute Gasteiger partial charge is 0.342 e. The standard InChI is InChI=1S/C20H26N4O2S/c1-3-4-10-24-13-16(12-18(24)25)19(26)21-20-23-22-17(27-20)11-14(2)15-8-6-5-7-9-15/h5-9,14,16H,3-4,10-13H2,1-2H3,(H,21,23,26)/t14-,16+/m0/s1. The van der Waals surface area contributed by atoms with Gasteiger partial charge in [0.1, 0.15) is 5.01 Å². The molecule has 144 valence electrons. The highest BCUT2D eigenvalue weighted by molar-refractivity contribution is 7.15. The van der Waals surface area contributed by atoms with Crippen molar-refractivity contribution in [2.75, 3.05) is 18.4 Å². The summed E-state index contributed by atoms with van der Waals surface area (Å²) in [5.41, 5.74) is 1.26. The normalized spacial score (nSPS) is 17.9. The Bertz CT molecular complexity index is 777. The van der Waals surface area contributed by atoms with Crippen LogP contribution in [-0.2, 0) is 16.0 Å². The number of nitrogens with zero attached hydrogens (tertiary/aromatic N) is 3. The molecule has 1 fully saturated rings. The molecule has 2 amide bonds. The number of hydrogen-bond acceptors (Lipinski definition) is 5. The van der Waals surface area contributed by atoms with Gasteiger partial charge in [-0.15, -0.1) is 10.2 Å². The number of unbranched alkanes of at least 4 members (excludes halogenated alkanes) is 1. The van der Waals surface area contributed by atoms with Gasteiger partial charge in [0.25, 0.3) is 0 Å². The molecule has 2 aromatic rings. The van der Waals surface area contributed by atoms with E-state index < -0.39 is 0 Å². The van der Waals surface area contributed by atoms with E-state index in [1.54, 1.807) is 4.90 Å². The van der Waals surface area contributed by atoms with Gasteiger partial charge in [0.05, 0.1) is 5.92 Å². The molecule has 6 nitrogen and oxygen atoms in total. The van der Waals surface area contributed by atoms with E-state index in [2.05, 4.69) is 41.5 Å². The summed E-state index contributed by atoms with van der Waals surface area (Å²) >= 11 is 1.41. The van der Waals surface area contributed by atoms with Gasteiger partial charge in [-0.1, -0.05) is 61.9 Å². The zero-order chi connectivity index (χ0) is 19.2. The van der Waals surface area contributed by atoms with Crippen molar-refractivity contribution < 1.29 is 9.59 Å². The molecule has 0 unspecified atom stereocenters. The predicted molar refractivity (Wildman–Crippen MR) is 107 cm³/mol. The number of benzene rings is 1. The lowest BCUT2D eigenvalue weighted by Gasteiger charge is -2.15. The first kappa shape index (κ1) is 19.5. The second-order valence-electron chi connectivity index (χ2n) is 7.10. The zero-order valence-electron chi connectivity index (χ0n) is 15.9. The average molecular weight is 387 g/mol. The maximum atomic E-state index is 12.5. The Hall–Kier alpha value is -2.28. The molecule has 0 spiro atoms. The molecule has 0 aliphatic carbocycles. The number of aromatic nitrogens is 2. The molecule has 1 aliphatic rings. The fourth-order valence-corrected chi connectivity index (χ4v) is 4.14. The van der Waals surface area contributed by atoms with E-state index in [-0.39, 0.29) is 24.2 Å². The van der Waals surface area contributed by atoms with E-state index in [4.69, 9.17) is 0 Å². The first-order chi connectivity index (χ1) is 13.1. The maximum absolute atomic E-state index is 12.5. The number of likely N-dealkylation sites (tertiary alicyclic amines) is 1. The van der Waals surface area contributed by atoms with E-state index in [0.717, 1.165) is 30.8 Å². The molecular weight excluding hydrogens is 360 g/mol. The number of rotatable bonds is 8. The molecule has 1 aliphatic heterocycles. The number of carbonyl (C=O) groups excluding carboxylic acids is 2. The Morgan fingerprint density at radius 2 is 2.11 bits per heavy atom. The zero-order valence-corrected chi connectivity index (χ0v) is 16.7. The molecule has 3 rings (SSSR count). The molecule has 1 aromatic heterocycles. The van der Waals surface area contributed by atoms with E-state index in [1.807, 2.05) is 18.2 Å². The molecule has 2 atom stereocenters. The molecule has 27 heavy (non-hydrogen) atoms. The minimum Gasteiger partial charge on any atom is -0.342 e. The van der Waals surface area contributed by atoms with Crippen LogP contribution in [-0.4, -0.2) is 40.0 Å². The summed E-state index contributed by atoms with van der Waals surface area (Å²) < 4.78 is 0. The first-order valence-electron chi connectivity index (χ1n) is 9.52. The van der Waals surface area contributed by atoms with Crippen molar-refractivity contribution in [2.45, 2.75) is 45.4 Å². The number of carbonyl (C=O) groups is 2. The lowest BCUT2D eigenvalue weighted by atomic mass is 9.98. The second-order valence-corrected chi connectivity index (χ2v) is 8.16. The van der Waals surface area contributed by atoms with Crippen molar-refractivity contribution in [3.05, 3.63) is 40.9 Å². The van der Waals surface area contributed by atoms with Crippen LogP contribution in [0.4, 0.5) is 5.13 Å². The molecule has 1 N–H and O–H groups in total. The summed E-state index contributed by atoms with van der Waals surface area (Å²) in [6, 6.07) is 10.3. The SMILES string of the molecule is CCCCN1C[C@H](C(=O)Nc2nnc(C[C@H](C)c3ccccc3)s2)CC1=O. The van der Waals surface area contributed by atoms with E-state index in [0.29, 0.717) is 17.6 Å². The van der Waals surface area contributed by atoms with Crippen LogP contribution in [0.3, 0.4) is 0 Å². The van der Waals surface area contributed by atoms with Crippen LogP contribution in [0.1, 0.15) is 49.6 Å². The van der Waals surface area contributed by atoms with Gasteiger partial charge in [-0.3, -0.25) is 9.59 Å². The van der Waals surface area contributed by atoms with E-state index in [1.165, 1.54) is 16.9 Å². The smallest absolute Gasteiger partial charge is 0.231 e. The Morgan fingerprint density at radius 1 is 1.33 bits per heavy atom. The van der Waals surface area contributed by atoms with Gasteiger partial charge in [-0.05, 0) is 17.9 Å². The van der Waals surface area contributed by atoms with Crippen molar-refractivity contribution in [2.24, 2.45) is 5.92 Å². The van der Waals surface area contributed by atoms with Gasteiger partial charge in [-0.25, -0.2) is 0 Å². The number of anilines is 1. The molecule has 7 heteroatoms. The summed E-state index contributed by atoms with van der Waals surface area (Å²) in [5.74, 6) is -0.0355. The first-order valence-corrected chi connectivity index (χ1v) is 10.3. The van der Waals surface area contributed by atoms with Crippen molar-refractivity contribution in [3.8, 4) is 0 Å². The monoisotopic (exact) mass is 386 g/mol. The van der Waals surface area contributed by atoms with Crippen LogP contribution in [0.15, 0.2) is 30.3 Å². The Kier molecular flexibility index (Phi) is 6.55. The molecule has 1 saturated heterocycles. The van der Waals surface area contributed by atoms with Crippen LogP contribution in [0, 0.1) is 5.92 Å². The maximum Gasteiger partial charge on any atom is 0.231 e. The predicted octanol–water partition coefficient (Wildman–Crippen LogP) is 3.47. The Labute approximate surface area is 164 Å². The van der Waals surface area contributed by atoms with Gasteiger partial charge in [0.15, 0.2) is 0 Å². The third-order valence-electron chi connectivity index (χ3n) is 4.91. The number of amides is 2. The molecule has 0 bridgehead atoms. The van der Waals surface area contributed by atoms with E-state index >= 15 is 0 Å². The van der Waals surface area contributed by atoms with Gasteiger partial charge < -0.3 is 10.2 Å². The summed E-state index contributed by atoms with van der Waals surface area (Å²) in [6.45, 7) is 5.49. The highest BCUT2D eigenvalue weighted by Crippen LogP contribution is 2.25. The molecular formula is C20H26N4O2S. The van der Waals surface area contributed by atoms with Crippen LogP contribution in [0.2, 0.25) is 0 Å². The van der Waals surface area contributed by atoms with Crippen LogP contribution in [0.25, 0.3) is 0 Å². The van der Waals surface area contributed by atoms with Crippen molar-refractivity contribution in [3.63, 3.8) is 0 Å². The van der Waals surface area contributed by atoms with Crippen LogP contribution < -0.4 is 5.32 Å². The van der Waals surface area contributed by atoms with Gasteiger partial charge in [0, 0.05) is 25.9 Å². The van der Waals surface area contributed by atoms with Crippen LogP contribution >= 0.6 is 11.3 Å². The minimum absolute atomic E-state index is 0.0678. The highest BCUT2D eigenvalue weighted by Gasteiger charge is 2.34. The fourth-order valence-electron chi connectivity index (χ4n) is 3.27. The fraction of sp³-hybridized carbons (Fsp3) is 0.500. The highest BCUT2D eigenvalue weighted by atomic mass is 32.1. The van der Waals surface area contributed by atoms with Crippen LogP contribution in [0.5, 0.6) is 0 Å². The molecule has 0 saturated carbocycles.